The molecule has 0 saturated carbocycles. The molecule has 0 aliphatic carbocycles. The van der Waals surface area contributed by atoms with E-state index in [0.29, 0.717) is 4.47 Å². The summed E-state index contributed by atoms with van der Waals surface area (Å²) in [6.07, 6.45) is 1.65. The van der Waals surface area contributed by atoms with Crippen molar-refractivity contribution < 1.29 is 9.18 Å². The fourth-order valence-electron chi connectivity index (χ4n) is 1.31. The second-order valence-corrected chi connectivity index (χ2v) is 4.37. The van der Waals surface area contributed by atoms with Gasteiger partial charge in [0.2, 0.25) is 0 Å². The molecule has 17 heavy (non-hydrogen) atoms. The van der Waals surface area contributed by atoms with Crippen molar-refractivity contribution >= 4 is 27.5 Å². The number of aromatic nitrogens is 2. The molecule has 4 nitrogen and oxygen atoms in total. The van der Waals surface area contributed by atoms with Gasteiger partial charge in [-0.25, -0.2) is 4.39 Å². The van der Waals surface area contributed by atoms with Gasteiger partial charge >= 0.3 is 0 Å². The molecular formula is C11H9BrFN3O. The van der Waals surface area contributed by atoms with Crippen molar-refractivity contribution in [3.63, 3.8) is 0 Å². The molecule has 0 radical (unpaired) electrons. The minimum atomic E-state index is -0.497. The molecule has 0 bridgehead atoms. The topological polar surface area (TPSA) is 46.9 Å². The number of hydrogen-bond donors (Lipinski definition) is 1. The SMILES string of the molecule is Cn1ccc(C(=O)Nc2ccc(Br)cc2F)n1. The minimum absolute atomic E-state index is 0.129. The summed E-state index contributed by atoms with van der Waals surface area (Å²) in [4.78, 5) is 11.7. The average Bonchev–Trinajstić information content (AvgIpc) is 2.69. The predicted molar refractivity (Wildman–Crippen MR) is 65.3 cm³/mol. The molecule has 1 heterocycles. The van der Waals surface area contributed by atoms with Gasteiger partial charge in [-0.15, -0.1) is 0 Å². The zero-order valence-corrected chi connectivity index (χ0v) is 10.5. The first-order chi connectivity index (χ1) is 8.06. The first-order valence-electron chi connectivity index (χ1n) is 4.82. The summed E-state index contributed by atoms with van der Waals surface area (Å²) in [7, 11) is 1.71. The Balaban J connectivity index is 2.18. The highest BCUT2D eigenvalue weighted by Crippen LogP contribution is 2.19. The van der Waals surface area contributed by atoms with Gasteiger partial charge in [0.15, 0.2) is 5.69 Å². The number of nitrogens with one attached hydrogen (secondary N) is 1. The molecule has 0 saturated heterocycles. The minimum Gasteiger partial charge on any atom is -0.318 e. The highest BCUT2D eigenvalue weighted by Gasteiger charge is 2.11. The number of rotatable bonds is 2. The third-order valence-electron chi connectivity index (χ3n) is 2.13. The van der Waals surface area contributed by atoms with Crippen molar-refractivity contribution in [2.75, 3.05) is 5.32 Å². The van der Waals surface area contributed by atoms with Crippen LogP contribution in [0.15, 0.2) is 34.9 Å². The van der Waals surface area contributed by atoms with Crippen LogP contribution in [0.4, 0.5) is 10.1 Å². The van der Waals surface area contributed by atoms with Crippen LogP contribution in [0, 0.1) is 5.82 Å². The van der Waals surface area contributed by atoms with Crippen LogP contribution in [-0.2, 0) is 7.05 Å². The normalized spacial score (nSPS) is 10.3. The zero-order chi connectivity index (χ0) is 12.4. The van der Waals surface area contributed by atoms with E-state index in [1.165, 1.54) is 16.8 Å². The molecule has 1 aromatic carbocycles. The molecule has 1 aromatic heterocycles. The summed E-state index contributed by atoms with van der Waals surface area (Å²) < 4.78 is 15.6. The van der Waals surface area contributed by atoms with Crippen LogP contribution in [0.2, 0.25) is 0 Å². The lowest BCUT2D eigenvalue weighted by atomic mass is 10.3. The number of halogens is 2. The highest BCUT2D eigenvalue weighted by molar-refractivity contribution is 9.10. The summed E-state index contributed by atoms with van der Waals surface area (Å²) >= 11 is 3.14. The van der Waals surface area contributed by atoms with Crippen molar-refractivity contribution in [1.82, 2.24) is 9.78 Å². The lowest BCUT2D eigenvalue weighted by Gasteiger charge is -2.04. The van der Waals surface area contributed by atoms with Crippen molar-refractivity contribution in [1.29, 1.82) is 0 Å². The number of aryl methyl sites for hydroxylation is 1. The Morgan fingerprint density at radius 1 is 1.47 bits per heavy atom. The summed E-state index contributed by atoms with van der Waals surface area (Å²) in [5.41, 5.74) is 0.374. The van der Waals surface area contributed by atoms with E-state index in [4.69, 9.17) is 0 Å². The maximum Gasteiger partial charge on any atom is 0.276 e. The second kappa shape index (κ2) is 4.67. The Hall–Kier alpha value is -1.69. The number of benzene rings is 1. The van der Waals surface area contributed by atoms with Gasteiger partial charge in [0.25, 0.3) is 5.91 Å². The molecule has 88 valence electrons. The third kappa shape index (κ3) is 2.71. The fourth-order valence-corrected chi connectivity index (χ4v) is 1.65. The number of carbonyl (C=O) groups is 1. The highest BCUT2D eigenvalue weighted by atomic mass is 79.9. The molecule has 2 aromatic rings. The van der Waals surface area contributed by atoms with Crippen LogP contribution in [0.25, 0.3) is 0 Å². The van der Waals surface area contributed by atoms with Gasteiger partial charge in [0, 0.05) is 17.7 Å². The van der Waals surface area contributed by atoms with Gasteiger partial charge < -0.3 is 5.32 Å². The van der Waals surface area contributed by atoms with Crippen LogP contribution < -0.4 is 5.32 Å². The molecule has 1 N–H and O–H groups in total. The predicted octanol–water partition coefficient (Wildman–Crippen LogP) is 2.57. The van der Waals surface area contributed by atoms with E-state index in [0.717, 1.165) is 0 Å². The largest absolute Gasteiger partial charge is 0.318 e. The van der Waals surface area contributed by atoms with Crippen LogP contribution in [0.5, 0.6) is 0 Å². The maximum atomic E-state index is 13.5. The zero-order valence-electron chi connectivity index (χ0n) is 8.95. The number of amides is 1. The van der Waals surface area contributed by atoms with Crippen LogP contribution in [0.3, 0.4) is 0 Å². The fraction of sp³-hybridized carbons (Fsp3) is 0.0909. The molecule has 0 fully saturated rings. The van der Waals surface area contributed by atoms with Crippen molar-refractivity contribution in [2.24, 2.45) is 7.05 Å². The van der Waals surface area contributed by atoms with Crippen molar-refractivity contribution in [2.45, 2.75) is 0 Å². The molecule has 0 aliphatic rings. The lowest BCUT2D eigenvalue weighted by Crippen LogP contribution is -2.14. The van der Waals surface area contributed by atoms with Crippen LogP contribution in [0.1, 0.15) is 10.5 Å². The quantitative estimate of drug-likeness (QED) is 0.926. The first kappa shape index (κ1) is 11.8. The Kier molecular flexibility index (Phi) is 3.23. The van der Waals surface area contributed by atoms with Crippen LogP contribution in [-0.4, -0.2) is 15.7 Å². The van der Waals surface area contributed by atoms with Gasteiger partial charge in [-0.1, -0.05) is 15.9 Å². The van der Waals surface area contributed by atoms with E-state index in [1.54, 1.807) is 25.4 Å². The Bertz CT molecular complexity index is 568. The standard InChI is InChI=1S/C11H9BrFN3O/c1-16-5-4-10(15-16)11(17)14-9-3-2-7(12)6-8(9)13/h2-6H,1H3,(H,14,17). The number of nitrogens with zero attached hydrogens (tertiary/aromatic N) is 2. The molecular weight excluding hydrogens is 289 g/mol. The van der Waals surface area contributed by atoms with Gasteiger partial charge in [-0.3, -0.25) is 9.48 Å². The maximum absolute atomic E-state index is 13.5. The van der Waals surface area contributed by atoms with Gasteiger partial charge in [0.1, 0.15) is 5.82 Å². The van der Waals surface area contributed by atoms with E-state index in [2.05, 4.69) is 26.3 Å². The van der Waals surface area contributed by atoms with E-state index < -0.39 is 11.7 Å². The molecule has 2 rings (SSSR count). The smallest absolute Gasteiger partial charge is 0.276 e. The van der Waals surface area contributed by atoms with Gasteiger partial charge in [-0.2, -0.15) is 5.10 Å². The van der Waals surface area contributed by atoms with Gasteiger partial charge in [0.05, 0.1) is 5.69 Å². The van der Waals surface area contributed by atoms with E-state index in [9.17, 15) is 9.18 Å². The summed E-state index contributed by atoms with van der Waals surface area (Å²) in [6, 6.07) is 5.98. The molecule has 6 heteroatoms. The van der Waals surface area contributed by atoms with Crippen LogP contribution >= 0.6 is 15.9 Å². The van der Waals surface area contributed by atoms with Crippen molar-refractivity contribution in [3.8, 4) is 0 Å². The van der Waals surface area contributed by atoms with E-state index in [1.807, 2.05) is 0 Å². The Morgan fingerprint density at radius 2 is 2.24 bits per heavy atom. The summed E-state index contributed by atoms with van der Waals surface area (Å²) in [5.74, 6) is -0.935. The van der Waals surface area contributed by atoms with Crippen molar-refractivity contribution in [3.05, 3.63) is 46.4 Å². The first-order valence-corrected chi connectivity index (χ1v) is 5.61. The lowest BCUT2D eigenvalue weighted by molar-refractivity contribution is 0.102. The molecule has 0 aliphatic heterocycles. The number of anilines is 1. The van der Waals surface area contributed by atoms with Gasteiger partial charge in [-0.05, 0) is 24.3 Å². The average molecular weight is 298 g/mol. The third-order valence-corrected chi connectivity index (χ3v) is 2.62. The monoisotopic (exact) mass is 297 g/mol. The Labute approximate surface area is 106 Å². The molecule has 0 atom stereocenters. The van der Waals surface area contributed by atoms with E-state index >= 15 is 0 Å². The second-order valence-electron chi connectivity index (χ2n) is 3.45. The molecule has 0 spiro atoms. The summed E-state index contributed by atoms with van der Waals surface area (Å²) in [5, 5.41) is 6.38. The number of carbonyl (C=O) groups excluding carboxylic acids is 1. The van der Waals surface area contributed by atoms with E-state index in [-0.39, 0.29) is 11.4 Å². The molecule has 1 amide bonds. The number of hydrogen-bond acceptors (Lipinski definition) is 2. The Morgan fingerprint density at radius 3 is 2.82 bits per heavy atom. The molecule has 0 unspecified atom stereocenters. The summed E-state index contributed by atoms with van der Waals surface area (Å²) in [6.45, 7) is 0.